The molecule has 0 spiro atoms. The van der Waals surface area contributed by atoms with Gasteiger partial charge in [-0.25, -0.2) is 9.97 Å². The average Bonchev–Trinajstić information content (AvgIpc) is 4.14. The van der Waals surface area contributed by atoms with E-state index in [0.29, 0.717) is 69.6 Å². The van der Waals surface area contributed by atoms with Gasteiger partial charge in [0.05, 0.1) is 39.0 Å². The number of hydrogen-bond acceptors (Lipinski definition) is 15. The van der Waals surface area contributed by atoms with Gasteiger partial charge in [0.1, 0.15) is 0 Å². The zero-order chi connectivity index (χ0) is 52.5. The van der Waals surface area contributed by atoms with E-state index >= 15 is 0 Å². The number of carbonyl (C=O) groups excluding carboxylic acids is 6. The van der Waals surface area contributed by atoms with Crippen molar-refractivity contribution in [2.24, 2.45) is 18.9 Å². The number of amides is 6. The second-order valence-corrected chi connectivity index (χ2v) is 22.4. The van der Waals surface area contributed by atoms with Crippen molar-refractivity contribution in [1.82, 2.24) is 70.9 Å². The second-order valence-electron chi connectivity index (χ2n) is 19.4. The van der Waals surface area contributed by atoms with Gasteiger partial charge in [0.25, 0.3) is 23.6 Å². The molecule has 2 aliphatic carbocycles. The summed E-state index contributed by atoms with van der Waals surface area (Å²) in [7, 11) is 10.8. The van der Waals surface area contributed by atoms with Crippen LogP contribution in [0.25, 0.3) is 32.0 Å². The van der Waals surface area contributed by atoms with Crippen molar-refractivity contribution < 1.29 is 28.8 Å². The van der Waals surface area contributed by atoms with Crippen LogP contribution in [-0.2, 0) is 29.7 Å². The van der Waals surface area contributed by atoms with Crippen LogP contribution in [0.4, 0.5) is 0 Å². The van der Waals surface area contributed by atoms with Crippen LogP contribution in [0.15, 0.2) is 60.9 Å². The monoisotopic (exact) mass is 1080 g/mol. The number of nitrogens with zero attached hydrogens (tertiary/aromatic N) is 10. The molecule has 6 heterocycles. The third-order valence-electron chi connectivity index (χ3n) is 13.4. The Bertz CT molecular complexity index is 3270. The van der Waals surface area contributed by atoms with E-state index < -0.39 is 18.0 Å². The van der Waals surface area contributed by atoms with Crippen LogP contribution in [0.3, 0.4) is 0 Å². The van der Waals surface area contributed by atoms with E-state index in [1.807, 2.05) is 31.1 Å². The molecule has 386 valence electrons. The molecule has 2 saturated carbocycles. The summed E-state index contributed by atoms with van der Waals surface area (Å²) in [5, 5.41) is 31.8. The molecule has 0 radical (unpaired) electrons. The highest BCUT2D eigenvalue weighted by Gasteiger charge is 2.39. The van der Waals surface area contributed by atoms with E-state index in [9.17, 15) is 28.8 Å². The Balaban J connectivity index is 0.000000182. The summed E-state index contributed by atoms with van der Waals surface area (Å²) in [6, 6.07) is 12.1. The Morgan fingerprint density at radius 2 is 1.05 bits per heavy atom. The van der Waals surface area contributed by atoms with Crippen LogP contribution in [0.5, 0.6) is 0 Å². The van der Waals surface area contributed by atoms with E-state index in [1.165, 1.54) is 22.7 Å². The van der Waals surface area contributed by atoms with Gasteiger partial charge < -0.3 is 35.6 Å². The molecule has 3 aliphatic rings. The largest absolute Gasteiger partial charge is 0.354 e. The van der Waals surface area contributed by atoms with E-state index in [0.717, 1.165) is 44.6 Å². The van der Waals surface area contributed by atoms with Gasteiger partial charge in [-0.1, -0.05) is 35.3 Å². The van der Waals surface area contributed by atoms with Crippen molar-refractivity contribution in [3.63, 3.8) is 0 Å². The van der Waals surface area contributed by atoms with Crippen molar-refractivity contribution in [2.45, 2.75) is 75.8 Å². The lowest BCUT2D eigenvalue weighted by Gasteiger charge is -2.37. The van der Waals surface area contributed by atoms with Crippen LogP contribution in [0.1, 0.15) is 89.7 Å². The zero-order valence-corrected chi connectivity index (χ0v) is 44.5. The minimum Gasteiger partial charge on any atom is -0.354 e. The molecule has 2 aromatic carbocycles. The van der Waals surface area contributed by atoms with Gasteiger partial charge in [-0.2, -0.15) is 0 Å². The molecule has 24 heteroatoms. The zero-order valence-electron chi connectivity index (χ0n) is 41.4. The van der Waals surface area contributed by atoms with Gasteiger partial charge in [0.15, 0.2) is 21.4 Å². The first-order chi connectivity index (χ1) is 35.3. The molecule has 10 rings (SSSR count). The van der Waals surface area contributed by atoms with Crippen LogP contribution < -0.4 is 21.3 Å². The molecule has 5 aromatic heterocycles. The number of benzene rings is 2. The summed E-state index contributed by atoms with van der Waals surface area (Å²) in [5.74, 6) is -1.87. The summed E-state index contributed by atoms with van der Waals surface area (Å²) in [6.45, 7) is 1.50. The Morgan fingerprint density at radius 3 is 1.53 bits per heavy atom. The van der Waals surface area contributed by atoms with Crippen molar-refractivity contribution in [3.8, 4) is 0 Å². The predicted molar refractivity (Wildman–Crippen MR) is 282 cm³/mol. The number of hydrogen-bond donors (Lipinski definition) is 4. The molecular formula is C50H54Cl2N14O6S2. The SMILES string of the molecule is CN(C)C(=O)[C@H]1CC[C@H](NC(=O)c2cc3ccc(Cl)cc3nn2)[C@H](NC(=O)c2nc3cn(C)cc3s2)C1.CN1Cc2nc(C(=O)N[C@@H]3C[C@@H](C(=O)N(C)C)CC[C@@H]3NC(=O)c3cc4ccc(Cl)cc4nn3)sc2C1. The number of aromatic nitrogens is 7. The maximum absolute atomic E-state index is 13.2. The van der Waals surface area contributed by atoms with Crippen LogP contribution >= 0.6 is 45.9 Å². The minimum atomic E-state index is -0.458. The molecule has 1 aliphatic heterocycles. The van der Waals surface area contributed by atoms with Gasteiger partial charge in [0.2, 0.25) is 11.8 Å². The number of rotatable bonds is 10. The van der Waals surface area contributed by atoms with Crippen LogP contribution in [0, 0.1) is 11.8 Å². The number of halogens is 2. The van der Waals surface area contributed by atoms with E-state index in [1.54, 1.807) is 86.5 Å². The Kier molecular flexibility index (Phi) is 15.5. The third-order valence-corrected chi connectivity index (χ3v) is 16.0. The normalized spacial score (nSPS) is 20.5. The third kappa shape index (κ3) is 11.8. The van der Waals surface area contributed by atoms with E-state index in [2.05, 4.69) is 56.5 Å². The van der Waals surface area contributed by atoms with Gasteiger partial charge in [0, 0.05) is 110 Å². The number of thiazole rings is 2. The lowest BCUT2D eigenvalue weighted by Crippen LogP contribution is -2.56. The fourth-order valence-electron chi connectivity index (χ4n) is 9.70. The van der Waals surface area contributed by atoms with E-state index in [-0.39, 0.29) is 64.8 Å². The lowest BCUT2D eigenvalue weighted by atomic mass is 9.81. The average molecular weight is 1080 g/mol. The molecule has 0 saturated heterocycles. The Morgan fingerprint density at radius 1 is 0.568 bits per heavy atom. The quantitative estimate of drug-likeness (QED) is 0.133. The maximum atomic E-state index is 13.2. The van der Waals surface area contributed by atoms with Crippen molar-refractivity contribution in [2.75, 3.05) is 35.2 Å². The molecule has 7 aromatic rings. The summed E-state index contributed by atoms with van der Waals surface area (Å²) >= 11 is 14.7. The molecule has 6 amide bonds. The summed E-state index contributed by atoms with van der Waals surface area (Å²) < 4.78 is 2.81. The number of fused-ring (bicyclic) bond motifs is 4. The molecule has 20 nitrogen and oxygen atoms in total. The van der Waals surface area contributed by atoms with Crippen LogP contribution in [0.2, 0.25) is 10.0 Å². The number of carbonyl (C=O) groups is 6. The fraction of sp³-hybridized carbons (Fsp3) is 0.400. The van der Waals surface area contributed by atoms with Gasteiger partial charge in [-0.15, -0.1) is 43.1 Å². The van der Waals surface area contributed by atoms with Crippen LogP contribution in [-0.4, -0.2) is 144 Å². The molecule has 0 unspecified atom stereocenters. The standard InChI is InChI=1S/C25H28ClN7O3S.C25H26ClN7O3S/c2*1-32(2)25(36)14-5-7-16(27-22(34)19-8-13-4-6-15(26)10-17(13)30-31-19)18(9-14)28-23(35)24-29-20-11-33(3)12-21(20)37-24/h4,6,8,10,14,16,18H,5,7,9,11-12H2,1-3H3,(H,27,34)(H,28,35);4,6,8,10-12,14,16,18H,5,7,9H2,1-3H3,(H,27,34)(H,28,35)/t2*14-,16-,18+/m00/s1. The Hall–Kier alpha value is -6.72. The van der Waals surface area contributed by atoms with E-state index in [4.69, 9.17) is 23.2 Å². The molecule has 0 bridgehead atoms. The smallest absolute Gasteiger partial charge is 0.280 e. The van der Waals surface area contributed by atoms with Crippen molar-refractivity contribution >= 4 is 113 Å². The van der Waals surface area contributed by atoms with Gasteiger partial charge >= 0.3 is 0 Å². The predicted octanol–water partition coefficient (Wildman–Crippen LogP) is 5.49. The summed E-state index contributed by atoms with van der Waals surface area (Å²) in [4.78, 5) is 93.3. The number of nitrogens with one attached hydrogen (secondary N) is 4. The van der Waals surface area contributed by atoms with Crippen molar-refractivity contribution in [1.29, 1.82) is 0 Å². The number of aryl methyl sites for hydroxylation is 1. The molecule has 6 atom stereocenters. The van der Waals surface area contributed by atoms with Crippen molar-refractivity contribution in [3.05, 3.63) is 103 Å². The van der Waals surface area contributed by atoms with Gasteiger partial charge in [-0.05, 0) is 82.0 Å². The first kappa shape index (κ1) is 52.2. The molecule has 4 N–H and O–H groups in total. The maximum Gasteiger partial charge on any atom is 0.280 e. The highest BCUT2D eigenvalue weighted by Crippen LogP contribution is 2.31. The Labute approximate surface area is 443 Å². The highest BCUT2D eigenvalue weighted by molar-refractivity contribution is 7.20. The lowest BCUT2D eigenvalue weighted by molar-refractivity contribution is -0.135. The molecule has 2 fully saturated rings. The molecular weight excluding hydrogens is 1030 g/mol. The highest BCUT2D eigenvalue weighted by atomic mass is 35.5. The minimum absolute atomic E-state index is 0.00328. The van der Waals surface area contributed by atoms with Gasteiger partial charge in [-0.3, -0.25) is 33.7 Å². The summed E-state index contributed by atoms with van der Waals surface area (Å²) in [5.41, 5.74) is 3.21. The second kappa shape index (κ2) is 22.0. The topological polar surface area (TPSA) is 243 Å². The fourth-order valence-corrected chi connectivity index (χ4v) is 12.0. The first-order valence-electron chi connectivity index (χ1n) is 24.0. The summed E-state index contributed by atoms with van der Waals surface area (Å²) in [6.07, 6.45) is 6.86. The first-order valence-corrected chi connectivity index (χ1v) is 26.4. The molecule has 74 heavy (non-hydrogen) atoms.